The molecule has 9 nitrogen and oxygen atoms in total. The number of para-hydroxylation sites is 2. The number of fused-ring (bicyclic) bond motifs is 1. The maximum Gasteiger partial charge on any atom is 0.265 e. The summed E-state index contributed by atoms with van der Waals surface area (Å²) in [6, 6.07) is 19.5. The molecule has 4 rings (SSSR count). The number of hydrogen-bond donors (Lipinski definition) is 2. The van der Waals surface area contributed by atoms with Gasteiger partial charge in [0.1, 0.15) is 23.3 Å². The first-order valence-electron chi connectivity index (χ1n) is 10.9. The first kappa shape index (κ1) is 23.6. The highest BCUT2D eigenvalue weighted by atomic mass is 16.5. The number of carbonyl (C=O) groups excluding carboxylic acids is 3. The summed E-state index contributed by atoms with van der Waals surface area (Å²) < 4.78 is 15.9. The zero-order chi connectivity index (χ0) is 24.8. The molecule has 0 aliphatic carbocycles. The number of amides is 3. The molecule has 1 heterocycles. The fraction of sp³-hybridized carbons (Fsp3) is 0.192. The molecule has 3 amide bonds. The zero-order valence-electron chi connectivity index (χ0n) is 19.3. The highest BCUT2D eigenvalue weighted by molar-refractivity contribution is 6.14. The molecule has 3 aromatic rings. The Hall–Kier alpha value is -4.53. The van der Waals surface area contributed by atoms with Crippen LogP contribution in [0.5, 0.6) is 17.2 Å². The number of ether oxygens (including phenoxy) is 3. The minimum Gasteiger partial charge on any atom is -0.497 e. The molecule has 3 aromatic carbocycles. The van der Waals surface area contributed by atoms with Crippen LogP contribution in [0.1, 0.15) is 6.42 Å². The van der Waals surface area contributed by atoms with E-state index in [0.717, 1.165) is 0 Å². The number of carbonyl (C=O) groups is 3. The van der Waals surface area contributed by atoms with E-state index < -0.39 is 23.8 Å². The van der Waals surface area contributed by atoms with E-state index in [-0.39, 0.29) is 13.0 Å². The van der Waals surface area contributed by atoms with Gasteiger partial charge in [0.05, 0.1) is 32.0 Å². The third kappa shape index (κ3) is 5.52. The monoisotopic (exact) mass is 475 g/mol. The highest BCUT2D eigenvalue weighted by Gasteiger charge is 2.38. The van der Waals surface area contributed by atoms with Gasteiger partial charge < -0.3 is 24.8 Å². The second-order valence-electron chi connectivity index (χ2n) is 7.73. The van der Waals surface area contributed by atoms with Crippen molar-refractivity contribution in [2.24, 2.45) is 0 Å². The highest BCUT2D eigenvalue weighted by Crippen LogP contribution is 2.33. The molecule has 0 saturated heterocycles. The van der Waals surface area contributed by atoms with E-state index in [0.29, 0.717) is 34.3 Å². The number of nitrogens with zero attached hydrogens (tertiary/aromatic N) is 1. The quantitative estimate of drug-likeness (QED) is 0.517. The van der Waals surface area contributed by atoms with E-state index in [9.17, 15) is 14.4 Å². The molecule has 180 valence electrons. The van der Waals surface area contributed by atoms with Crippen LogP contribution in [0.3, 0.4) is 0 Å². The van der Waals surface area contributed by atoms with Crippen molar-refractivity contribution in [3.05, 3.63) is 72.8 Å². The van der Waals surface area contributed by atoms with Crippen LogP contribution in [-0.4, -0.2) is 44.6 Å². The minimum atomic E-state index is -1.05. The Morgan fingerprint density at radius 2 is 1.49 bits per heavy atom. The lowest BCUT2D eigenvalue weighted by Crippen LogP contribution is -2.53. The fourth-order valence-electron chi connectivity index (χ4n) is 3.73. The largest absolute Gasteiger partial charge is 0.497 e. The summed E-state index contributed by atoms with van der Waals surface area (Å²) in [5, 5.41) is 5.54. The molecule has 1 unspecified atom stereocenters. The van der Waals surface area contributed by atoms with Gasteiger partial charge >= 0.3 is 0 Å². The summed E-state index contributed by atoms with van der Waals surface area (Å²) in [6.07, 6.45) is -0.236. The van der Waals surface area contributed by atoms with Crippen molar-refractivity contribution in [3.8, 4) is 17.2 Å². The molecule has 1 aliphatic rings. The molecular formula is C26H25N3O6. The van der Waals surface area contributed by atoms with Gasteiger partial charge in [-0.15, -0.1) is 0 Å². The third-order valence-electron chi connectivity index (χ3n) is 5.48. The van der Waals surface area contributed by atoms with Gasteiger partial charge in [-0.25, -0.2) is 0 Å². The van der Waals surface area contributed by atoms with Crippen molar-refractivity contribution in [3.63, 3.8) is 0 Å². The predicted octanol–water partition coefficient (Wildman–Crippen LogP) is 3.47. The van der Waals surface area contributed by atoms with Gasteiger partial charge in [0, 0.05) is 5.69 Å². The van der Waals surface area contributed by atoms with Crippen molar-refractivity contribution in [2.45, 2.75) is 12.5 Å². The number of nitrogens with one attached hydrogen (secondary N) is 2. The summed E-state index contributed by atoms with van der Waals surface area (Å²) in [5.41, 5.74) is 1.54. The van der Waals surface area contributed by atoms with Crippen molar-refractivity contribution in [1.82, 2.24) is 0 Å². The summed E-state index contributed by atoms with van der Waals surface area (Å²) in [4.78, 5) is 40.3. The summed E-state index contributed by atoms with van der Waals surface area (Å²) >= 11 is 0. The van der Waals surface area contributed by atoms with Gasteiger partial charge in [0.2, 0.25) is 11.8 Å². The first-order chi connectivity index (χ1) is 17.0. The maximum atomic E-state index is 13.3. The molecule has 2 N–H and O–H groups in total. The lowest BCUT2D eigenvalue weighted by atomic mass is 10.0. The van der Waals surface area contributed by atoms with E-state index in [4.69, 9.17) is 14.2 Å². The van der Waals surface area contributed by atoms with Crippen LogP contribution < -0.4 is 29.7 Å². The van der Waals surface area contributed by atoms with E-state index in [1.165, 1.54) is 4.90 Å². The van der Waals surface area contributed by atoms with E-state index in [2.05, 4.69) is 10.6 Å². The van der Waals surface area contributed by atoms with Gasteiger partial charge in [-0.2, -0.15) is 0 Å². The van der Waals surface area contributed by atoms with Crippen molar-refractivity contribution < 1.29 is 28.6 Å². The normalized spacial score (nSPS) is 14.4. The summed E-state index contributed by atoms with van der Waals surface area (Å²) in [6.45, 7) is -0.315. The van der Waals surface area contributed by atoms with E-state index in [1.807, 2.05) is 0 Å². The molecule has 0 saturated carbocycles. The number of rotatable bonds is 8. The van der Waals surface area contributed by atoms with Crippen molar-refractivity contribution in [2.75, 3.05) is 36.4 Å². The average molecular weight is 476 g/mol. The Kier molecular flexibility index (Phi) is 7.15. The molecule has 0 aromatic heterocycles. The van der Waals surface area contributed by atoms with Crippen LogP contribution in [0.2, 0.25) is 0 Å². The lowest BCUT2D eigenvalue weighted by molar-refractivity contribution is -0.127. The Morgan fingerprint density at radius 1 is 0.886 bits per heavy atom. The topological polar surface area (TPSA) is 106 Å². The van der Waals surface area contributed by atoms with Gasteiger partial charge in [-0.3, -0.25) is 19.3 Å². The summed E-state index contributed by atoms with van der Waals surface area (Å²) in [5.74, 6) is 0.469. The Balaban J connectivity index is 1.51. The second kappa shape index (κ2) is 10.6. The lowest BCUT2D eigenvalue weighted by Gasteiger charge is -2.36. The van der Waals surface area contributed by atoms with Gasteiger partial charge in [-0.1, -0.05) is 12.1 Å². The van der Waals surface area contributed by atoms with Crippen LogP contribution >= 0.6 is 0 Å². The molecule has 0 fully saturated rings. The molecule has 0 bridgehead atoms. The molecule has 1 aliphatic heterocycles. The summed E-state index contributed by atoms with van der Waals surface area (Å²) in [7, 11) is 3.11. The van der Waals surface area contributed by atoms with Crippen LogP contribution in [0.4, 0.5) is 17.1 Å². The Labute approximate surface area is 202 Å². The number of anilines is 3. The van der Waals surface area contributed by atoms with Gasteiger partial charge in [0.15, 0.2) is 6.61 Å². The maximum absolute atomic E-state index is 13.3. The minimum absolute atomic E-state index is 0.236. The van der Waals surface area contributed by atoms with Crippen LogP contribution in [-0.2, 0) is 14.4 Å². The number of benzene rings is 3. The first-order valence-corrected chi connectivity index (χ1v) is 10.9. The average Bonchev–Trinajstić information content (AvgIpc) is 2.88. The molecule has 35 heavy (non-hydrogen) atoms. The van der Waals surface area contributed by atoms with Gasteiger partial charge in [0.25, 0.3) is 5.91 Å². The zero-order valence-corrected chi connectivity index (χ0v) is 19.3. The molecule has 1 atom stereocenters. The van der Waals surface area contributed by atoms with E-state index in [1.54, 1.807) is 87.0 Å². The van der Waals surface area contributed by atoms with Gasteiger partial charge in [-0.05, 0) is 60.7 Å². The van der Waals surface area contributed by atoms with Crippen LogP contribution in [0.15, 0.2) is 72.8 Å². The van der Waals surface area contributed by atoms with Crippen LogP contribution in [0, 0.1) is 0 Å². The second-order valence-corrected chi connectivity index (χ2v) is 7.73. The number of methoxy groups -OCH3 is 2. The fourth-order valence-corrected chi connectivity index (χ4v) is 3.73. The Morgan fingerprint density at radius 3 is 2.14 bits per heavy atom. The van der Waals surface area contributed by atoms with Crippen molar-refractivity contribution >= 4 is 34.8 Å². The SMILES string of the molecule is COc1ccc(NC(=O)CC2C(=O)Nc3ccccc3N2C(=O)COc2ccc(OC)cc2)cc1. The van der Waals surface area contributed by atoms with Crippen molar-refractivity contribution in [1.29, 1.82) is 0 Å². The third-order valence-corrected chi connectivity index (χ3v) is 5.48. The Bertz CT molecular complexity index is 1210. The molecule has 0 radical (unpaired) electrons. The smallest absolute Gasteiger partial charge is 0.265 e. The molecular weight excluding hydrogens is 450 g/mol. The standard InChI is InChI=1S/C26H25N3O6/c1-33-18-9-7-17(8-10-18)27-24(30)15-23-26(32)28-21-5-3-4-6-22(21)29(23)25(31)16-35-20-13-11-19(34-2)12-14-20/h3-14,23H,15-16H2,1-2H3,(H,27,30)(H,28,32). The van der Waals surface area contributed by atoms with E-state index >= 15 is 0 Å². The number of hydrogen-bond acceptors (Lipinski definition) is 6. The predicted molar refractivity (Wildman–Crippen MR) is 131 cm³/mol. The van der Waals surface area contributed by atoms with Crippen LogP contribution in [0.25, 0.3) is 0 Å². The molecule has 9 heteroatoms. The molecule has 0 spiro atoms.